The molecule has 128 valence electrons. The topological polar surface area (TPSA) is 41.7 Å². The normalized spacial score (nSPS) is 16.2. The molecule has 2 aromatic rings. The van der Waals surface area contributed by atoms with Crippen LogP contribution in [0.1, 0.15) is 11.1 Å². The maximum atomic E-state index is 5.83. The molecule has 1 aliphatic heterocycles. The molecule has 0 unspecified atom stereocenters. The first-order chi connectivity index (χ1) is 11.8. The maximum absolute atomic E-state index is 5.83. The van der Waals surface area contributed by atoms with Crippen molar-refractivity contribution in [2.75, 3.05) is 39.3 Å². The summed E-state index contributed by atoms with van der Waals surface area (Å²) in [5.74, 6) is 0.926. The van der Waals surface area contributed by atoms with Crippen molar-refractivity contribution in [2.24, 2.45) is 5.73 Å². The van der Waals surface area contributed by atoms with Crippen molar-refractivity contribution in [1.82, 2.24) is 9.80 Å². The van der Waals surface area contributed by atoms with E-state index >= 15 is 0 Å². The molecule has 3 rings (SSSR count). The van der Waals surface area contributed by atoms with Crippen LogP contribution in [0, 0.1) is 0 Å². The Morgan fingerprint density at radius 1 is 0.792 bits per heavy atom. The van der Waals surface area contributed by atoms with E-state index in [0.29, 0.717) is 6.54 Å². The lowest BCUT2D eigenvalue weighted by Crippen LogP contribution is -2.47. The van der Waals surface area contributed by atoms with Crippen molar-refractivity contribution in [3.8, 4) is 5.75 Å². The third kappa shape index (κ3) is 5.06. The molecule has 4 nitrogen and oxygen atoms in total. The van der Waals surface area contributed by atoms with E-state index < -0.39 is 0 Å². The Hall–Kier alpha value is -1.88. The highest BCUT2D eigenvalue weighted by Gasteiger charge is 2.16. The van der Waals surface area contributed by atoms with Crippen LogP contribution in [0.3, 0.4) is 0 Å². The standard InChI is InChI=1S/C20H27N3O/c21-16-18-6-8-20(9-7-18)24-15-14-22-10-12-23(13-11-22)17-19-4-2-1-3-5-19/h1-9H,10-17,21H2. The van der Waals surface area contributed by atoms with Gasteiger partial charge in [-0.05, 0) is 23.3 Å². The van der Waals surface area contributed by atoms with Crippen LogP contribution in [0.25, 0.3) is 0 Å². The van der Waals surface area contributed by atoms with Crippen molar-refractivity contribution in [2.45, 2.75) is 13.1 Å². The second kappa shape index (κ2) is 8.83. The van der Waals surface area contributed by atoms with Crippen molar-refractivity contribution in [3.05, 3.63) is 65.7 Å². The van der Waals surface area contributed by atoms with Gasteiger partial charge in [0.25, 0.3) is 0 Å². The SMILES string of the molecule is NCc1ccc(OCCN2CCN(Cc3ccccc3)CC2)cc1. The lowest BCUT2D eigenvalue weighted by Gasteiger charge is -2.34. The van der Waals surface area contributed by atoms with Crippen LogP contribution >= 0.6 is 0 Å². The Kier molecular flexibility index (Phi) is 6.24. The average molecular weight is 325 g/mol. The zero-order valence-electron chi connectivity index (χ0n) is 14.2. The number of nitrogens with two attached hydrogens (primary N) is 1. The number of hydrogen-bond donors (Lipinski definition) is 1. The third-order valence-electron chi connectivity index (χ3n) is 4.55. The van der Waals surface area contributed by atoms with Gasteiger partial charge < -0.3 is 10.5 Å². The summed E-state index contributed by atoms with van der Waals surface area (Å²) in [6, 6.07) is 18.8. The van der Waals surface area contributed by atoms with Crippen molar-refractivity contribution >= 4 is 0 Å². The summed E-state index contributed by atoms with van der Waals surface area (Å²) in [5, 5.41) is 0. The van der Waals surface area contributed by atoms with E-state index in [1.807, 2.05) is 24.3 Å². The van der Waals surface area contributed by atoms with Crippen LogP contribution in [-0.4, -0.2) is 49.1 Å². The number of piperazine rings is 1. The molecule has 2 N–H and O–H groups in total. The van der Waals surface area contributed by atoms with E-state index in [2.05, 4.69) is 40.1 Å². The van der Waals surface area contributed by atoms with Crippen LogP contribution in [0.5, 0.6) is 5.75 Å². The lowest BCUT2D eigenvalue weighted by molar-refractivity contribution is 0.112. The average Bonchev–Trinajstić information content (AvgIpc) is 2.65. The highest BCUT2D eigenvalue weighted by molar-refractivity contribution is 5.27. The Labute approximate surface area is 144 Å². The molecule has 0 aliphatic carbocycles. The largest absolute Gasteiger partial charge is 0.492 e. The summed E-state index contributed by atoms with van der Waals surface area (Å²) in [5.41, 5.74) is 8.14. The molecule has 1 aliphatic rings. The predicted molar refractivity (Wildman–Crippen MR) is 98.0 cm³/mol. The van der Waals surface area contributed by atoms with Crippen LogP contribution in [0.2, 0.25) is 0 Å². The van der Waals surface area contributed by atoms with Crippen molar-refractivity contribution < 1.29 is 4.74 Å². The molecule has 4 heteroatoms. The number of benzene rings is 2. The fourth-order valence-corrected chi connectivity index (χ4v) is 3.03. The van der Waals surface area contributed by atoms with E-state index in [4.69, 9.17) is 10.5 Å². The summed E-state index contributed by atoms with van der Waals surface area (Å²) in [7, 11) is 0. The Balaban J connectivity index is 1.35. The van der Waals surface area contributed by atoms with Crippen molar-refractivity contribution in [3.63, 3.8) is 0 Å². The highest BCUT2D eigenvalue weighted by Crippen LogP contribution is 2.12. The first-order valence-electron chi connectivity index (χ1n) is 8.74. The fraction of sp³-hybridized carbons (Fsp3) is 0.400. The molecule has 1 saturated heterocycles. The molecule has 0 bridgehead atoms. The van der Waals surface area contributed by atoms with Gasteiger partial charge in [0, 0.05) is 45.8 Å². The number of nitrogens with zero attached hydrogens (tertiary/aromatic N) is 2. The number of rotatable bonds is 7. The zero-order chi connectivity index (χ0) is 16.6. The molecule has 0 saturated carbocycles. The molecule has 24 heavy (non-hydrogen) atoms. The van der Waals surface area contributed by atoms with Gasteiger partial charge in [-0.2, -0.15) is 0 Å². The Morgan fingerprint density at radius 3 is 2.12 bits per heavy atom. The maximum Gasteiger partial charge on any atom is 0.119 e. The summed E-state index contributed by atoms with van der Waals surface area (Å²) in [6.07, 6.45) is 0. The Bertz CT molecular complexity index is 592. The second-order valence-electron chi connectivity index (χ2n) is 6.30. The highest BCUT2D eigenvalue weighted by atomic mass is 16.5. The van der Waals surface area contributed by atoms with Gasteiger partial charge in [0.2, 0.25) is 0 Å². The monoisotopic (exact) mass is 325 g/mol. The second-order valence-corrected chi connectivity index (χ2v) is 6.30. The van der Waals surface area contributed by atoms with Gasteiger partial charge in [0.05, 0.1) is 0 Å². The van der Waals surface area contributed by atoms with E-state index in [1.165, 1.54) is 5.56 Å². The summed E-state index contributed by atoms with van der Waals surface area (Å²) in [6.45, 7) is 7.83. The quantitative estimate of drug-likeness (QED) is 0.848. The molecular weight excluding hydrogens is 298 g/mol. The van der Waals surface area contributed by atoms with Crippen LogP contribution < -0.4 is 10.5 Å². The van der Waals surface area contributed by atoms with Crippen molar-refractivity contribution in [1.29, 1.82) is 0 Å². The Morgan fingerprint density at radius 2 is 1.46 bits per heavy atom. The van der Waals surface area contributed by atoms with Gasteiger partial charge >= 0.3 is 0 Å². The first kappa shape index (κ1) is 17.0. The van der Waals surface area contributed by atoms with E-state index in [0.717, 1.165) is 57.2 Å². The van der Waals surface area contributed by atoms with Crippen LogP contribution in [0.15, 0.2) is 54.6 Å². The lowest BCUT2D eigenvalue weighted by atomic mass is 10.2. The minimum atomic E-state index is 0.577. The van der Waals surface area contributed by atoms with E-state index in [9.17, 15) is 0 Å². The first-order valence-corrected chi connectivity index (χ1v) is 8.74. The molecule has 1 fully saturated rings. The fourth-order valence-electron chi connectivity index (χ4n) is 3.03. The summed E-state index contributed by atoms with van der Waals surface area (Å²) >= 11 is 0. The molecule has 0 aromatic heterocycles. The molecule has 0 atom stereocenters. The molecule has 2 aromatic carbocycles. The van der Waals surface area contributed by atoms with Gasteiger partial charge in [-0.3, -0.25) is 9.80 Å². The van der Waals surface area contributed by atoms with Gasteiger partial charge in [-0.1, -0.05) is 42.5 Å². The van der Waals surface area contributed by atoms with Gasteiger partial charge in [-0.25, -0.2) is 0 Å². The smallest absolute Gasteiger partial charge is 0.119 e. The minimum Gasteiger partial charge on any atom is -0.492 e. The molecular formula is C20H27N3O. The van der Waals surface area contributed by atoms with Gasteiger partial charge in [0.1, 0.15) is 12.4 Å². The van der Waals surface area contributed by atoms with Crippen LogP contribution in [0.4, 0.5) is 0 Å². The summed E-state index contributed by atoms with van der Waals surface area (Å²) in [4.78, 5) is 5.01. The van der Waals surface area contributed by atoms with Crippen LogP contribution in [-0.2, 0) is 13.1 Å². The van der Waals surface area contributed by atoms with E-state index in [-0.39, 0.29) is 0 Å². The molecule has 0 radical (unpaired) electrons. The molecule has 0 spiro atoms. The minimum absolute atomic E-state index is 0.577. The molecule has 1 heterocycles. The van der Waals surface area contributed by atoms with E-state index in [1.54, 1.807) is 0 Å². The summed E-state index contributed by atoms with van der Waals surface area (Å²) < 4.78 is 5.83. The number of ether oxygens (including phenoxy) is 1. The third-order valence-corrected chi connectivity index (χ3v) is 4.55. The number of hydrogen-bond acceptors (Lipinski definition) is 4. The molecule has 0 amide bonds. The van der Waals surface area contributed by atoms with Gasteiger partial charge in [-0.15, -0.1) is 0 Å². The predicted octanol–water partition coefficient (Wildman–Crippen LogP) is 2.34. The van der Waals surface area contributed by atoms with Gasteiger partial charge in [0.15, 0.2) is 0 Å². The zero-order valence-corrected chi connectivity index (χ0v) is 14.2.